The Bertz CT molecular complexity index is 1030. The highest BCUT2D eigenvalue weighted by Crippen LogP contribution is 2.30. The predicted octanol–water partition coefficient (Wildman–Crippen LogP) is 3.54. The highest BCUT2D eigenvalue weighted by atomic mass is 19.4. The fourth-order valence-corrected chi connectivity index (χ4v) is 2.78. The fourth-order valence-electron chi connectivity index (χ4n) is 2.78. The van der Waals surface area contributed by atoms with E-state index in [1.807, 2.05) is 0 Å². The molecule has 3 rings (SSSR count). The molecule has 10 heteroatoms. The first kappa shape index (κ1) is 22.3. The van der Waals surface area contributed by atoms with Crippen LogP contribution in [0.5, 0.6) is 5.75 Å². The number of aliphatic hydroxyl groups excluding tert-OH is 1. The zero-order valence-corrected chi connectivity index (χ0v) is 16.4. The van der Waals surface area contributed by atoms with Crippen molar-refractivity contribution in [2.75, 3.05) is 20.2 Å². The number of nitrogens with zero attached hydrogens (tertiary/aromatic N) is 3. The second-order valence-corrected chi connectivity index (χ2v) is 6.80. The maximum absolute atomic E-state index is 13.4. The van der Waals surface area contributed by atoms with E-state index in [2.05, 4.69) is 5.10 Å². The first-order valence-corrected chi connectivity index (χ1v) is 9.18. The number of benzene rings is 2. The number of ether oxygens (including phenoxy) is 1. The van der Waals surface area contributed by atoms with Crippen LogP contribution < -0.4 is 4.74 Å². The van der Waals surface area contributed by atoms with Crippen LogP contribution in [0.25, 0.3) is 5.69 Å². The number of likely N-dealkylation sites (N-methyl/N-ethyl adjacent to an activating group) is 1. The minimum Gasteiger partial charge on any atom is -0.491 e. The third kappa shape index (κ3) is 5.82. The van der Waals surface area contributed by atoms with Gasteiger partial charge in [-0.1, -0.05) is 6.07 Å². The number of amides is 1. The Balaban J connectivity index is 1.53. The van der Waals surface area contributed by atoms with Crippen molar-refractivity contribution in [1.82, 2.24) is 14.7 Å². The molecule has 0 saturated heterocycles. The average Bonchev–Trinajstić information content (AvgIpc) is 3.21. The molecule has 1 amide bonds. The third-order valence-corrected chi connectivity index (χ3v) is 4.34. The zero-order valence-electron chi connectivity index (χ0n) is 16.4. The van der Waals surface area contributed by atoms with Crippen LogP contribution in [0.4, 0.5) is 17.6 Å². The van der Waals surface area contributed by atoms with E-state index in [4.69, 9.17) is 4.74 Å². The zero-order chi connectivity index (χ0) is 22.6. The lowest BCUT2D eigenvalue weighted by molar-refractivity contribution is -0.137. The molecule has 0 radical (unpaired) electrons. The van der Waals surface area contributed by atoms with Gasteiger partial charge < -0.3 is 14.7 Å². The van der Waals surface area contributed by atoms with Gasteiger partial charge in [0.1, 0.15) is 24.3 Å². The number of alkyl halides is 3. The predicted molar refractivity (Wildman–Crippen MR) is 103 cm³/mol. The molecule has 31 heavy (non-hydrogen) atoms. The highest BCUT2D eigenvalue weighted by molar-refractivity contribution is 5.92. The van der Waals surface area contributed by atoms with Gasteiger partial charge in [0.25, 0.3) is 5.91 Å². The van der Waals surface area contributed by atoms with Crippen LogP contribution in [0.2, 0.25) is 0 Å². The van der Waals surface area contributed by atoms with Crippen molar-refractivity contribution in [3.8, 4) is 11.4 Å². The van der Waals surface area contributed by atoms with Crippen molar-refractivity contribution in [2.24, 2.45) is 0 Å². The van der Waals surface area contributed by atoms with Gasteiger partial charge in [-0.15, -0.1) is 0 Å². The number of rotatable bonds is 7. The van der Waals surface area contributed by atoms with Crippen LogP contribution in [0, 0.1) is 5.82 Å². The largest absolute Gasteiger partial charge is 0.491 e. The van der Waals surface area contributed by atoms with Gasteiger partial charge in [0, 0.05) is 19.8 Å². The summed E-state index contributed by atoms with van der Waals surface area (Å²) < 4.78 is 57.7. The summed E-state index contributed by atoms with van der Waals surface area (Å²) in [6.07, 6.45) is -4.01. The normalized spacial score (nSPS) is 12.5. The van der Waals surface area contributed by atoms with E-state index in [0.717, 1.165) is 24.3 Å². The molecule has 0 fully saturated rings. The van der Waals surface area contributed by atoms with Crippen LogP contribution in [-0.4, -0.2) is 52.0 Å². The summed E-state index contributed by atoms with van der Waals surface area (Å²) in [5.74, 6) is -0.743. The van der Waals surface area contributed by atoms with Crippen molar-refractivity contribution in [3.63, 3.8) is 0 Å². The quantitative estimate of drug-likeness (QED) is 0.575. The SMILES string of the molecule is CN(C[C@H](O)COc1ccc(C(F)(F)F)cc1)C(=O)c1ccn(-c2cccc(F)c2)n1. The highest BCUT2D eigenvalue weighted by Gasteiger charge is 2.30. The molecule has 2 aromatic carbocycles. The summed E-state index contributed by atoms with van der Waals surface area (Å²) in [7, 11) is 1.46. The number of carbonyl (C=O) groups excluding carboxylic acids is 1. The van der Waals surface area contributed by atoms with Gasteiger partial charge in [-0.3, -0.25) is 4.79 Å². The van der Waals surface area contributed by atoms with E-state index in [1.165, 1.54) is 47.1 Å². The van der Waals surface area contributed by atoms with Crippen molar-refractivity contribution in [3.05, 3.63) is 77.9 Å². The lowest BCUT2D eigenvalue weighted by atomic mass is 10.2. The smallest absolute Gasteiger partial charge is 0.416 e. The second-order valence-electron chi connectivity index (χ2n) is 6.80. The topological polar surface area (TPSA) is 67.6 Å². The van der Waals surface area contributed by atoms with Gasteiger partial charge >= 0.3 is 6.18 Å². The minimum absolute atomic E-state index is 0.0910. The van der Waals surface area contributed by atoms with Crippen LogP contribution in [-0.2, 0) is 6.18 Å². The van der Waals surface area contributed by atoms with Crippen molar-refractivity contribution >= 4 is 5.91 Å². The van der Waals surface area contributed by atoms with Gasteiger partial charge in [-0.2, -0.15) is 18.3 Å². The molecular weight excluding hydrogens is 418 g/mol. The molecule has 0 bridgehead atoms. The number of halogens is 4. The van der Waals surface area contributed by atoms with Crippen LogP contribution >= 0.6 is 0 Å². The molecule has 0 unspecified atom stereocenters. The molecule has 3 aromatic rings. The van der Waals surface area contributed by atoms with Gasteiger partial charge in [-0.05, 0) is 48.5 Å². The summed E-state index contributed by atoms with van der Waals surface area (Å²) in [6.45, 7) is -0.312. The maximum Gasteiger partial charge on any atom is 0.416 e. The van der Waals surface area contributed by atoms with Crippen molar-refractivity contribution < 1.29 is 32.2 Å². The monoisotopic (exact) mass is 437 g/mol. The second kappa shape index (κ2) is 9.17. The molecule has 1 heterocycles. The maximum atomic E-state index is 13.4. The Labute approximate surface area is 175 Å². The molecule has 0 spiro atoms. The molecular formula is C21H19F4N3O3. The summed E-state index contributed by atoms with van der Waals surface area (Å²) in [6, 6.07) is 11.3. The first-order chi connectivity index (χ1) is 14.6. The van der Waals surface area contributed by atoms with Crippen LogP contribution in [0.3, 0.4) is 0 Å². The summed E-state index contributed by atoms with van der Waals surface area (Å²) in [4.78, 5) is 13.8. The van der Waals surface area contributed by atoms with Crippen LogP contribution in [0.1, 0.15) is 16.1 Å². The molecule has 1 aromatic heterocycles. The van der Waals surface area contributed by atoms with Gasteiger partial charge in [-0.25, -0.2) is 9.07 Å². The Morgan fingerprint density at radius 3 is 2.55 bits per heavy atom. The first-order valence-electron chi connectivity index (χ1n) is 9.18. The number of aliphatic hydroxyl groups is 1. The van der Waals surface area contributed by atoms with E-state index in [0.29, 0.717) is 5.69 Å². The van der Waals surface area contributed by atoms with E-state index < -0.39 is 29.6 Å². The number of carbonyl (C=O) groups is 1. The minimum atomic E-state index is -4.44. The average molecular weight is 437 g/mol. The number of hydrogen-bond acceptors (Lipinski definition) is 4. The molecule has 0 saturated carbocycles. The molecule has 6 nitrogen and oxygen atoms in total. The van der Waals surface area contributed by atoms with E-state index >= 15 is 0 Å². The summed E-state index contributed by atoms with van der Waals surface area (Å²) in [5, 5.41) is 14.2. The molecule has 0 aliphatic heterocycles. The summed E-state index contributed by atoms with van der Waals surface area (Å²) >= 11 is 0. The van der Waals surface area contributed by atoms with E-state index in [9.17, 15) is 27.5 Å². The summed E-state index contributed by atoms with van der Waals surface area (Å²) in [5.41, 5.74) is -0.252. The molecule has 1 atom stereocenters. The standard InChI is InChI=1S/C21H19F4N3O3/c1-27(12-17(29)13-31-18-7-5-14(6-8-18)21(23,24)25)20(30)19-9-10-28(26-19)16-4-2-3-15(22)11-16/h2-11,17,29H,12-13H2,1H3/t17-/m0/s1. The van der Waals surface area contributed by atoms with Gasteiger partial charge in [0.15, 0.2) is 5.69 Å². The molecule has 0 aliphatic carbocycles. The molecule has 164 valence electrons. The molecule has 0 aliphatic rings. The lowest BCUT2D eigenvalue weighted by Gasteiger charge is -2.20. The fraction of sp³-hybridized carbons (Fsp3) is 0.238. The Hall–Kier alpha value is -3.40. The van der Waals surface area contributed by atoms with Gasteiger partial charge in [0.05, 0.1) is 11.3 Å². The van der Waals surface area contributed by atoms with E-state index in [1.54, 1.807) is 6.07 Å². The number of aromatic nitrogens is 2. The van der Waals surface area contributed by atoms with E-state index in [-0.39, 0.29) is 24.6 Å². The van der Waals surface area contributed by atoms with Crippen molar-refractivity contribution in [1.29, 1.82) is 0 Å². The molecule has 1 N–H and O–H groups in total. The lowest BCUT2D eigenvalue weighted by Crippen LogP contribution is -2.37. The van der Waals surface area contributed by atoms with Crippen LogP contribution in [0.15, 0.2) is 60.8 Å². The Morgan fingerprint density at radius 1 is 1.19 bits per heavy atom. The Kier molecular flexibility index (Phi) is 6.59. The van der Waals surface area contributed by atoms with Crippen molar-refractivity contribution in [2.45, 2.75) is 12.3 Å². The number of hydrogen-bond donors (Lipinski definition) is 1. The third-order valence-electron chi connectivity index (χ3n) is 4.34. The van der Waals surface area contributed by atoms with Gasteiger partial charge in [0.2, 0.25) is 0 Å². The Morgan fingerprint density at radius 2 is 1.90 bits per heavy atom.